The predicted octanol–water partition coefficient (Wildman–Crippen LogP) is 5.38. The molecular weight excluding hydrogens is 634 g/mol. The third-order valence-corrected chi connectivity index (χ3v) is 11.5. The van der Waals surface area contributed by atoms with Gasteiger partial charge >= 0.3 is 0 Å². The predicted molar refractivity (Wildman–Crippen MR) is 188 cm³/mol. The van der Waals surface area contributed by atoms with Crippen molar-refractivity contribution in [2.75, 3.05) is 45.5 Å². The number of aromatic nitrogens is 1. The molecule has 2 aromatic carbocycles. The van der Waals surface area contributed by atoms with E-state index in [9.17, 15) is 18.0 Å². The van der Waals surface area contributed by atoms with Crippen LogP contribution in [0.3, 0.4) is 0 Å². The van der Waals surface area contributed by atoms with E-state index in [4.69, 9.17) is 11.6 Å². The Kier molecular flexibility index (Phi) is 12.3. The van der Waals surface area contributed by atoms with Crippen molar-refractivity contribution < 1.29 is 18.0 Å². The minimum absolute atomic E-state index is 0.102. The first-order valence-corrected chi connectivity index (χ1v) is 19.2. The van der Waals surface area contributed by atoms with Crippen LogP contribution in [0.15, 0.2) is 60.8 Å². The van der Waals surface area contributed by atoms with Crippen LogP contribution in [0.4, 0.5) is 0 Å². The van der Waals surface area contributed by atoms with Crippen LogP contribution >= 0.6 is 11.6 Å². The maximum Gasteiger partial charge on any atom is 0.270 e. The Balaban J connectivity index is 1.26. The average Bonchev–Trinajstić information content (AvgIpc) is 3.08. The van der Waals surface area contributed by atoms with Crippen molar-refractivity contribution in [2.45, 2.75) is 70.4 Å². The Hall–Kier alpha value is -3.05. The molecule has 1 saturated heterocycles. The van der Waals surface area contributed by atoms with Gasteiger partial charge in [-0.05, 0) is 60.7 Å². The summed E-state index contributed by atoms with van der Waals surface area (Å²) in [6, 6.07) is 16.5. The maximum atomic E-state index is 14.1. The summed E-state index contributed by atoms with van der Waals surface area (Å²) in [5, 5.41) is 5.48. The third-order valence-electron chi connectivity index (χ3n) is 9.84. The normalized spacial score (nSPS) is 17.9. The van der Waals surface area contributed by atoms with Crippen LogP contribution in [0.25, 0.3) is 10.8 Å². The minimum atomic E-state index is -3.21. The molecule has 0 radical (unpaired) electrons. The van der Waals surface area contributed by atoms with Gasteiger partial charge in [-0.3, -0.25) is 19.5 Å². The highest BCUT2D eigenvalue weighted by Crippen LogP contribution is 2.32. The highest BCUT2D eigenvalue weighted by molar-refractivity contribution is 7.88. The summed E-state index contributed by atoms with van der Waals surface area (Å²) in [5.74, 6) is 0.106. The highest BCUT2D eigenvalue weighted by Gasteiger charge is 2.34. The molecule has 1 unspecified atom stereocenters. The van der Waals surface area contributed by atoms with E-state index in [1.54, 1.807) is 28.7 Å². The zero-order valence-electron chi connectivity index (χ0n) is 27.6. The van der Waals surface area contributed by atoms with Gasteiger partial charge in [0.15, 0.2) is 0 Å². The molecule has 2 aliphatic rings. The number of amides is 2. The standard InChI is InChI=1S/C36H48ClN5O4S/c1-3-42(47(2,45)46)19-9-14-34(28-10-5-4-6-11-28)40-20-22-41(23-21-40)36(44)33(24-27-15-17-31(37)18-16-27)39-35(43)32-25-29-12-7-8-13-30(29)26-38-32/h7-8,12-13,15-18,25-26,28,33-34H,3-6,9-11,14,19-24H2,1-2H3,(H,39,43)/t33-,34?/m1/s1. The van der Waals surface area contributed by atoms with Gasteiger partial charge in [0.05, 0.1) is 6.26 Å². The Labute approximate surface area is 284 Å². The first-order chi connectivity index (χ1) is 22.6. The fraction of sp³-hybridized carbons (Fsp3) is 0.528. The number of nitrogens with zero attached hydrogens (tertiary/aromatic N) is 4. The summed E-state index contributed by atoms with van der Waals surface area (Å²) in [6.45, 7) is 5.57. The molecule has 5 rings (SSSR count). The number of halogens is 1. The molecule has 2 heterocycles. The Morgan fingerprint density at radius 1 is 1.00 bits per heavy atom. The summed E-state index contributed by atoms with van der Waals surface area (Å²) >= 11 is 6.13. The van der Waals surface area contributed by atoms with Crippen LogP contribution in [-0.2, 0) is 21.2 Å². The molecule has 1 aromatic heterocycles. The van der Waals surface area contributed by atoms with Gasteiger partial charge in [-0.25, -0.2) is 12.7 Å². The number of sulfonamides is 1. The molecule has 2 amide bonds. The number of carbonyl (C=O) groups is 2. The maximum absolute atomic E-state index is 14.1. The lowest BCUT2D eigenvalue weighted by molar-refractivity contribution is -0.135. The fourth-order valence-electron chi connectivity index (χ4n) is 7.26. The van der Waals surface area contributed by atoms with Crippen LogP contribution in [0.5, 0.6) is 0 Å². The number of pyridine rings is 1. The first-order valence-electron chi connectivity index (χ1n) is 17.0. The molecule has 1 aliphatic heterocycles. The number of hydrogen-bond donors (Lipinski definition) is 1. The number of piperazine rings is 1. The van der Waals surface area contributed by atoms with Crippen molar-refractivity contribution >= 4 is 44.2 Å². The number of benzene rings is 2. The SMILES string of the molecule is CCN(CCCC(C1CCCCC1)N1CCN(C(=O)[C@@H](Cc2ccc(Cl)cc2)NC(=O)c2cc3ccccc3cn2)CC1)S(C)(=O)=O. The molecular formula is C36H48ClN5O4S. The largest absolute Gasteiger partial charge is 0.339 e. The highest BCUT2D eigenvalue weighted by atomic mass is 35.5. The Morgan fingerprint density at radius 2 is 1.68 bits per heavy atom. The average molecular weight is 682 g/mol. The number of carbonyl (C=O) groups excluding carboxylic acids is 2. The van der Waals surface area contributed by atoms with Crippen LogP contribution in [-0.4, -0.2) is 96.9 Å². The van der Waals surface area contributed by atoms with E-state index in [1.165, 1.54) is 38.4 Å². The Morgan fingerprint density at radius 3 is 2.34 bits per heavy atom. The Bertz CT molecular complexity index is 1610. The van der Waals surface area contributed by atoms with Gasteiger partial charge in [0.25, 0.3) is 5.91 Å². The number of rotatable bonds is 13. The first kappa shape index (κ1) is 35.3. The molecule has 0 spiro atoms. The molecule has 9 nitrogen and oxygen atoms in total. The molecule has 0 bridgehead atoms. The van der Waals surface area contributed by atoms with E-state index in [0.29, 0.717) is 49.6 Å². The van der Waals surface area contributed by atoms with Crippen molar-refractivity contribution in [3.05, 3.63) is 77.1 Å². The van der Waals surface area contributed by atoms with Crippen molar-refractivity contribution in [2.24, 2.45) is 5.92 Å². The van der Waals surface area contributed by atoms with Gasteiger partial charge in [0.2, 0.25) is 15.9 Å². The number of fused-ring (bicyclic) bond motifs is 1. The van der Waals surface area contributed by atoms with Gasteiger partial charge in [-0.2, -0.15) is 0 Å². The molecule has 3 aromatic rings. The zero-order chi connectivity index (χ0) is 33.4. The minimum Gasteiger partial charge on any atom is -0.339 e. The van der Waals surface area contributed by atoms with Crippen molar-refractivity contribution in [3.8, 4) is 0 Å². The topological polar surface area (TPSA) is 103 Å². The summed E-state index contributed by atoms with van der Waals surface area (Å²) < 4.78 is 25.9. The summed E-state index contributed by atoms with van der Waals surface area (Å²) in [5.41, 5.74) is 1.18. The van der Waals surface area contributed by atoms with Crippen LogP contribution in [0.2, 0.25) is 5.02 Å². The summed E-state index contributed by atoms with van der Waals surface area (Å²) in [4.78, 5) is 36.3. The lowest BCUT2D eigenvalue weighted by atomic mass is 9.81. The molecule has 1 aliphatic carbocycles. The summed E-state index contributed by atoms with van der Waals surface area (Å²) in [7, 11) is -3.21. The molecule has 254 valence electrons. The summed E-state index contributed by atoms with van der Waals surface area (Å²) in [6.07, 6.45) is 11.2. The molecule has 11 heteroatoms. The van der Waals surface area contributed by atoms with Crippen molar-refractivity contribution in [1.29, 1.82) is 0 Å². The lowest BCUT2D eigenvalue weighted by Crippen LogP contribution is -2.58. The lowest BCUT2D eigenvalue weighted by Gasteiger charge is -2.44. The van der Waals surface area contributed by atoms with Gasteiger partial charge in [0, 0.05) is 68.3 Å². The number of nitrogens with one attached hydrogen (secondary N) is 1. The monoisotopic (exact) mass is 681 g/mol. The van der Waals surface area contributed by atoms with E-state index in [1.807, 2.05) is 48.2 Å². The third kappa shape index (κ3) is 9.53. The van der Waals surface area contributed by atoms with Gasteiger partial charge < -0.3 is 10.2 Å². The van der Waals surface area contributed by atoms with Crippen LogP contribution in [0.1, 0.15) is 67.9 Å². The second kappa shape index (κ2) is 16.4. The van der Waals surface area contributed by atoms with E-state index < -0.39 is 16.1 Å². The number of hydrogen-bond acceptors (Lipinski definition) is 6. The van der Waals surface area contributed by atoms with Gasteiger partial charge in [-0.1, -0.05) is 74.2 Å². The van der Waals surface area contributed by atoms with E-state index in [-0.39, 0.29) is 17.5 Å². The van der Waals surface area contributed by atoms with Gasteiger partial charge in [0.1, 0.15) is 11.7 Å². The van der Waals surface area contributed by atoms with E-state index >= 15 is 0 Å². The molecule has 1 saturated carbocycles. The fourth-order valence-corrected chi connectivity index (χ4v) is 8.32. The van der Waals surface area contributed by atoms with E-state index in [0.717, 1.165) is 42.3 Å². The van der Waals surface area contributed by atoms with E-state index in [2.05, 4.69) is 15.2 Å². The molecule has 47 heavy (non-hydrogen) atoms. The molecule has 1 N–H and O–H groups in total. The second-order valence-electron chi connectivity index (χ2n) is 13.0. The second-order valence-corrected chi connectivity index (χ2v) is 15.4. The van der Waals surface area contributed by atoms with Crippen molar-refractivity contribution in [3.63, 3.8) is 0 Å². The van der Waals surface area contributed by atoms with Gasteiger partial charge in [-0.15, -0.1) is 0 Å². The smallest absolute Gasteiger partial charge is 0.270 e. The van der Waals surface area contributed by atoms with Crippen molar-refractivity contribution in [1.82, 2.24) is 24.4 Å². The quantitative estimate of drug-likeness (QED) is 0.260. The van der Waals surface area contributed by atoms with Crippen LogP contribution in [0, 0.1) is 5.92 Å². The molecule has 2 atom stereocenters. The zero-order valence-corrected chi connectivity index (χ0v) is 29.2. The van der Waals surface area contributed by atoms with Crippen LogP contribution < -0.4 is 5.32 Å². The molecule has 2 fully saturated rings.